The number of aromatic amines is 1. The molecule has 1 aliphatic rings. The smallest absolute Gasteiger partial charge is 0.151 e. The maximum atomic E-state index is 4.25. The van der Waals surface area contributed by atoms with E-state index in [0.29, 0.717) is 6.04 Å². The Hall–Kier alpha value is -1.95. The summed E-state index contributed by atoms with van der Waals surface area (Å²) in [4.78, 5) is 2.36. The molecule has 124 valence electrons. The Morgan fingerprint density at radius 2 is 2.26 bits per heavy atom. The monoisotopic (exact) mass is 314 g/mol. The fourth-order valence-electron chi connectivity index (χ4n) is 3.26. The van der Waals surface area contributed by atoms with Gasteiger partial charge in [0.05, 0.1) is 6.20 Å². The van der Waals surface area contributed by atoms with Crippen LogP contribution < -0.4 is 10.2 Å². The molecule has 0 saturated carbocycles. The second kappa shape index (κ2) is 6.66. The van der Waals surface area contributed by atoms with Crippen molar-refractivity contribution in [2.45, 2.75) is 51.6 Å². The molecule has 23 heavy (non-hydrogen) atoms. The van der Waals surface area contributed by atoms with Crippen molar-refractivity contribution in [2.24, 2.45) is 0 Å². The van der Waals surface area contributed by atoms with Gasteiger partial charge in [-0.3, -0.25) is 5.10 Å². The van der Waals surface area contributed by atoms with Gasteiger partial charge < -0.3 is 10.2 Å². The van der Waals surface area contributed by atoms with Crippen molar-refractivity contribution in [3.05, 3.63) is 35.8 Å². The molecule has 0 aliphatic carbocycles. The van der Waals surface area contributed by atoms with E-state index in [-0.39, 0.29) is 5.41 Å². The normalized spacial score (nSPS) is 18.6. The van der Waals surface area contributed by atoms with Crippen molar-refractivity contribution in [1.82, 2.24) is 25.7 Å². The fraction of sp³-hybridized carbons (Fsp3) is 0.588. The zero-order chi connectivity index (χ0) is 16.3. The predicted molar refractivity (Wildman–Crippen MR) is 91.4 cm³/mol. The Bertz CT molecular complexity index is 616. The molecule has 1 saturated heterocycles. The predicted octanol–water partition coefficient (Wildman–Crippen LogP) is 2.26. The van der Waals surface area contributed by atoms with E-state index < -0.39 is 0 Å². The van der Waals surface area contributed by atoms with Crippen molar-refractivity contribution < 1.29 is 0 Å². The zero-order valence-corrected chi connectivity index (χ0v) is 14.2. The number of anilines is 1. The molecular formula is C17H26N6. The van der Waals surface area contributed by atoms with Gasteiger partial charge >= 0.3 is 0 Å². The van der Waals surface area contributed by atoms with Gasteiger partial charge in [0.15, 0.2) is 5.82 Å². The molecule has 0 unspecified atom stereocenters. The van der Waals surface area contributed by atoms with Crippen LogP contribution in [0.1, 0.15) is 44.9 Å². The van der Waals surface area contributed by atoms with Gasteiger partial charge in [-0.05, 0) is 25.0 Å². The van der Waals surface area contributed by atoms with Gasteiger partial charge in [-0.25, -0.2) is 0 Å². The summed E-state index contributed by atoms with van der Waals surface area (Å²) in [5.41, 5.74) is 2.55. The molecule has 1 fully saturated rings. The van der Waals surface area contributed by atoms with E-state index in [4.69, 9.17) is 0 Å². The van der Waals surface area contributed by atoms with Crippen LogP contribution in [0.5, 0.6) is 0 Å². The van der Waals surface area contributed by atoms with E-state index in [0.717, 1.165) is 25.5 Å². The molecule has 0 bridgehead atoms. The first kappa shape index (κ1) is 15.9. The van der Waals surface area contributed by atoms with E-state index in [1.165, 1.54) is 24.1 Å². The summed E-state index contributed by atoms with van der Waals surface area (Å²) in [6.45, 7) is 9.47. The highest BCUT2D eigenvalue weighted by molar-refractivity contribution is 5.39. The Labute approximate surface area is 137 Å². The number of nitrogens with one attached hydrogen (secondary N) is 2. The van der Waals surface area contributed by atoms with E-state index >= 15 is 0 Å². The molecule has 1 atom stereocenters. The highest BCUT2D eigenvalue weighted by Gasteiger charge is 2.26. The van der Waals surface area contributed by atoms with Gasteiger partial charge in [0.2, 0.25) is 0 Å². The highest BCUT2D eigenvalue weighted by atomic mass is 15.3. The van der Waals surface area contributed by atoms with Crippen molar-refractivity contribution in [1.29, 1.82) is 0 Å². The topological polar surface area (TPSA) is 69.7 Å². The van der Waals surface area contributed by atoms with E-state index in [1.807, 2.05) is 18.3 Å². The minimum atomic E-state index is 0.0898. The summed E-state index contributed by atoms with van der Waals surface area (Å²) in [6, 6.07) is 4.47. The largest absolute Gasteiger partial charge is 0.351 e. The maximum Gasteiger partial charge on any atom is 0.151 e. The Morgan fingerprint density at radius 1 is 1.39 bits per heavy atom. The molecule has 3 rings (SSSR count). The molecule has 0 aromatic carbocycles. The molecule has 2 aromatic rings. The lowest BCUT2D eigenvalue weighted by molar-refractivity contribution is 0.540. The minimum absolute atomic E-state index is 0.0898. The minimum Gasteiger partial charge on any atom is -0.351 e. The molecule has 0 spiro atoms. The summed E-state index contributed by atoms with van der Waals surface area (Å²) in [5.74, 6) is 0.982. The first-order valence-corrected chi connectivity index (χ1v) is 8.33. The van der Waals surface area contributed by atoms with Crippen LogP contribution >= 0.6 is 0 Å². The van der Waals surface area contributed by atoms with Crippen LogP contribution in [0.4, 0.5) is 5.82 Å². The van der Waals surface area contributed by atoms with Gasteiger partial charge in [0, 0.05) is 48.5 Å². The zero-order valence-electron chi connectivity index (χ0n) is 14.2. The third kappa shape index (κ3) is 3.69. The molecular weight excluding hydrogens is 288 g/mol. The Balaban J connectivity index is 1.58. The van der Waals surface area contributed by atoms with E-state index in [2.05, 4.69) is 51.4 Å². The van der Waals surface area contributed by atoms with Crippen LogP contribution in [0.2, 0.25) is 0 Å². The lowest BCUT2D eigenvalue weighted by Gasteiger charge is -2.25. The van der Waals surface area contributed by atoms with Gasteiger partial charge in [-0.1, -0.05) is 20.8 Å². The van der Waals surface area contributed by atoms with Crippen molar-refractivity contribution in [2.75, 3.05) is 18.0 Å². The number of nitrogens with zero attached hydrogens (tertiary/aromatic N) is 4. The van der Waals surface area contributed by atoms with Crippen LogP contribution in [0.3, 0.4) is 0 Å². The van der Waals surface area contributed by atoms with Crippen molar-refractivity contribution in [3.63, 3.8) is 0 Å². The third-order valence-corrected chi connectivity index (χ3v) is 4.39. The summed E-state index contributed by atoms with van der Waals surface area (Å²) in [6.07, 6.45) is 6.06. The van der Waals surface area contributed by atoms with Crippen LogP contribution in [-0.4, -0.2) is 39.5 Å². The number of hydrogen-bond acceptors (Lipinski definition) is 5. The molecule has 6 heteroatoms. The number of H-pyrrole nitrogens is 1. The standard InChI is InChI=1S/C17H26N6/c1-17(2,3)16-13(11-20-22-16)10-18-12-14-6-5-9-23(14)15-7-4-8-19-21-15/h4,7-8,11,14,18H,5-6,9-10,12H2,1-3H3,(H,20,22)/t14-/m0/s1. The Morgan fingerprint density at radius 3 is 3.00 bits per heavy atom. The third-order valence-electron chi connectivity index (χ3n) is 4.39. The molecule has 1 aliphatic heterocycles. The second-order valence-corrected chi connectivity index (χ2v) is 7.22. The van der Waals surface area contributed by atoms with Crippen molar-refractivity contribution >= 4 is 5.82 Å². The van der Waals surface area contributed by atoms with Gasteiger partial charge in [-0.15, -0.1) is 5.10 Å². The maximum absolute atomic E-state index is 4.25. The molecule has 0 radical (unpaired) electrons. The molecule has 6 nitrogen and oxygen atoms in total. The van der Waals surface area contributed by atoms with Gasteiger partial charge in [-0.2, -0.15) is 10.2 Å². The summed E-state index contributed by atoms with van der Waals surface area (Å²) in [5, 5.41) is 19.2. The summed E-state index contributed by atoms with van der Waals surface area (Å²) in [7, 11) is 0. The van der Waals surface area contributed by atoms with Gasteiger partial charge in [0.25, 0.3) is 0 Å². The highest BCUT2D eigenvalue weighted by Crippen LogP contribution is 2.24. The average Bonchev–Trinajstić information content (AvgIpc) is 3.17. The lowest BCUT2D eigenvalue weighted by Crippen LogP contribution is -2.38. The molecule has 3 heterocycles. The van der Waals surface area contributed by atoms with E-state index in [9.17, 15) is 0 Å². The van der Waals surface area contributed by atoms with Crippen LogP contribution in [-0.2, 0) is 12.0 Å². The molecule has 2 aromatic heterocycles. The van der Waals surface area contributed by atoms with Gasteiger partial charge in [0.1, 0.15) is 0 Å². The average molecular weight is 314 g/mol. The molecule has 2 N–H and O–H groups in total. The van der Waals surface area contributed by atoms with Crippen LogP contribution in [0.25, 0.3) is 0 Å². The number of rotatable bonds is 5. The summed E-state index contributed by atoms with van der Waals surface area (Å²) >= 11 is 0. The fourth-order valence-corrected chi connectivity index (χ4v) is 3.26. The van der Waals surface area contributed by atoms with E-state index in [1.54, 1.807) is 6.20 Å². The summed E-state index contributed by atoms with van der Waals surface area (Å²) < 4.78 is 0. The first-order chi connectivity index (χ1) is 11.1. The first-order valence-electron chi connectivity index (χ1n) is 8.33. The number of hydrogen-bond donors (Lipinski definition) is 2. The lowest BCUT2D eigenvalue weighted by atomic mass is 9.89. The molecule has 0 amide bonds. The van der Waals surface area contributed by atoms with Crippen LogP contribution in [0, 0.1) is 0 Å². The van der Waals surface area contributed by atoms with Crippen LogP contribution in [0.15, 0.2) is 24.5 Å². The Kier molecular flexibility index (Phi) is 4.61. The van der Waals surface area contributed by atoms with Crippen molar-refractivity contribution in [3.8, 4) is 0 Å². The number of aromatic nitrogens is 4. The SMILES string of the molecule is CC(C)(C)c1[nH]ncc1CNC[C@@H]1CCCN1c1cccnn1. The second-order valence-electron chi connectivity index (χ2n) is 7.22. The quantitative estimate of drug-likeness (QED) is 0.886.